The van der Waals surface area contributed by atoms with E-state index in [-0.39, 0.29) is 17.8 Å². The first kappa shape index (κ1) is 11.2. The van der Waals surface area contributed by atoms with Crippen LogP contribution in [-0.2, 0) is 6.54 Å². The van der Waals surface area contributed by atoms with Crippen molar-refractivity contribution >= 4 is 22.2 Å². The molecule has 0 spiro atoms. The number of halogens is 3. The van der Waals surface area contributed by atoms with Crippen LogP contribution in [0.3, 0.4) is 0 Å². The van der Waals surface area contributed by atoms with Gasteiger partial charge >= 0.3 is 0 Å². The summed E-state index contributed by atoms with van der Waals surface area (Å²) >= 11 is 3.07. The number of aromatic nitrogens is 1. The zero-order valence-electron chi connectivity index (χ0n) is 7.01. The smallest absolute Gasteiger partial charge is 0.280 e. The van der Waals surface area contributed by atoms with Gasteiger partial charge in [-0.25, -0.2) is 13.8 Å². The summed E-state index contributed by atoms with van der Waals surface area (Å²) in [5, 5.41) is 0. The molecule has 1 aromatic heterocycles. The van der Waals surface area contributed by atoms with E-state index in [2.05, 4.69) is 20.9 Å². The van der Waals surface area contributed by atoms with Gasteiger partial charge in [-0.15, -0.1) is 0 Å². The number of carbonyl (C=O) groups is 1. The summed E-state index contributed by atoms with van der Waals surface area (Å²) in [6.45, 7) is 0.00197. The SMILES string of the molecule is NCc1nc(C(F)F)cc(C=O)c1Br. The van der Waals surface area contributed by atoms with Crippen molar-refractivity contribution in [3.63, 3.8) is 0 Å². The zero-order chi connectivity index (χ0) is 10.7. The minimum Gasteiger partial charge on any atom is -0.325 e. The van der Waals surface area contributed by atoms with Gasteiger partial charge in [-0.05, 0) is 22.0 Å². The number of alkyl halides is 2. The highest BCUT2D eigenvalue weighted by Gasteiger charge is 2.14. The normalized spacial score (nSPS) is 10.6. The lowest BCUT2D eigenvalue weighted by Gasteiger charge is -2.06. The summed E-state index contributed by atoms with van der Waals surface area (Å²) in [5.41, 5.74) is 5.24. The highest BCUT2D eigenvalue weighted by molar-refractivity contribution is 9.10. The Morgan fingerprint density at radius 2 is 2.29 bits per heavy atom. The third-order valence-corrected chi connectivity index (χ3v) is 2.53. The average molecular weight is 265 g/mol. The van der Waals surface area contributed by atoms with Gasteiger partial charge in [0.25, 0.3) is 6.43 Å². The Kier molecular flexibility index (Phi) is 3.65. The summed E-state index contributed by atoms with van der Waals surface area (Å²) in [4.78, 5) is 14.1. The van der Waals surface area contributed by atoms with Gasteiger partial charge in [0.05, 0.1) is 10.2 Å². The Morgan fingerprint density at radius 3 is 2.71 bits per heavy atom. The summed E-state index contributed by atoms with van der Waals surface area (Å²) < 4.78 is 25.0. The number of rotatable bonds is 3. The van der Waals surface area contributed by atoms with Crippen LogP contribution in [0.4, 0.5) is 8.78 Å². The molecular formula is C8H7BrF2N2O. The van der Waals surface area contributed by atoms with Crippen molar-refractivity contribution in [2.45, 2.75) is 13.0 Å². The predicted molar refractivity (Wildman–Crippen MR) is 50.2 cm³/mol. The van der Waals surface area contributed by atoms with E-state index >= 15 is 0 Å². The summed E-state index contributed by atoms with van der Waals surface area (Å²) in [6, 6.07) is 1.04. The molecule has 0 aliphatic rings. The number of nitrogens with two attached hydrogens (primary N) is 1. The van der Waals surface area contributed by atoms with E-state index in [9.17, 15) is 13.6 Å². The highest BCUT2D eigenvalue weighted by Crippen LogP contribution is 2.24. The standard InChI is InChI=1S/C8H7BrF2N2O/c9-7-4(3-14)1-5(8(10)11)13-6(7)2-12/h1,3,8H,2,12H2. The van der Waals surface area contributed by atoms with E-state index in [0.717, 1.165) is 6.07 Å². The van der Waals surface area contributed by atoms with Crippen LogP contribution in [0, 0.1) is 0 Å². The molecule has 0 aliphatic carbocycles. The van der Waals surface area contributed by atoms with Gasteiger partial charge in [-0.1, -0.05) is 0 Å². The lowest BCUT2D eigenvalue weighted by atomic mass is 10.2. The van der Waals surface area contributed by atoms with E-state index in [1.807, 2.05) is 0 Å². The van der Waals surface area contributed by atoms with E-state index in [4.69, 9.17) is 5.73 Å². The molecule has 0 radical (unpaired) electrons. The van der Waals surface area contributed by atoms with Crippen LogP contribution in [0.5, 0.6) is 0 Å². The van der Waals surface area contributed by atoms with Crippen LogP contribution < -0.4 is 5.73 Å². The Hall–Kier alpha value is -0.880. The molecule has 2 N–H and O–H groups in total. The summed E-state index contributed by atoms with van der Waals surface area (Å²) in [7, 11) is 0. The van der Waals surface area contributed by atoms with E-state index in [0.29, 0.717) is 10.8 Å². The van der Waals surface area contributed by atoms with Crippen LogP contribution in [0.25, 0.3) is 0 Å². The predicted octanol–water partition coefficient (Wildman–Crippen LogP) is 2.05. The first-order valence-electron chi connectivity index (χ1n) is 3.72. The molecule has 0 aromatic carbocycles. The summed E-state index contributed by atoms with van der Waals surface area (Å²) in [5.74, 6) is 0. The average Bonchev–Trinajstić information content (AvgIpc) is 2.17. The van der Waals surface area contributed by atoms with Crippen LogP contribution in [0.15, 0.2) is 10.5 Å². The van der Waals surface area contributed by atoms with Gasteiger partial charge in [-0.2, -0.15) is 0 Å². The molecule has 0 aliphatic heterocycles. The lowest BCUT2D eigenvalue weighted by molar-refractivity contribution is 0.112. The Morgan fingerprint density at radius 1 is 1.64 bits per heavy atom. The van der Waals surface area contributed by atoms with Crippen molar-refractivity contribution in [1.29, 1.82) is 0 Å². The van der Waals surface area contributed by atoms with E-state index < -0.39 is 12.1 Å². The molecule has 0 fully saturated rings. The minimum absolute atomic E-state index is 0.00197. The molecule has 76 valence electrons. The lowest BCUT2D eigenvalue weighted by Crippen LogP contribution is -2.06. The van der Waals surface area contributed by atoms with Gasteiger partial charge < -0.3 is 5.73 Å². The zero-order valence-corrected chi connectivity index (χ0v) is 8.59. The second-order valence-electron chi connectivity index (χ2n) is 2.52. The third-order valence-electron chi connectivity index (χ3n) is 1.62. The molecular weight excluding hydrogens is 258 g/mol. The fourth-order valence-electron chi connectivity index (χ4n) is 0.959. The molecule has 0 atom stereocenters. The first-order valence-corrected chi connectivity index (χ1v) is 4.52. The highest BCUT2D eigenvalue weighted by atomic mass is 79.9. The maximum atomic E-state index is 12.3. The number of nitrogens with zero attached hydrogens (tertiary/aromatic N) is 1. The maximum absolute atomic E-state index is 12.3. The van der Waals surface area contributed by atoms with Gasteiger partial charge in [-0.3, -0.25) is 4.79 Å². The van der Waals surface area contributed by atoms with Gasteiger partial charge in [0.15, 0.2) is 6.29 Å². The van der Waals surface area contributed by atoms with Gasteiger partial charge in [0.2, 0.25) is 0 Å². The number of hydrogen-bond donors (Lipinski definition) is 1. The number of aldehydes is 1. The molecule has 0 amide bonds. The van der Waals surface area contributed by atoms with E-state index in [1.165, 1.54) is 0 Å². The maximum Gasteiger partial charge on any atom is 0.280 e. The largest absolute Gasteiger partial charge is 0.325 e. The minimum atomic E-state index is -2.70. The van der Waals surface area contributed by atoms with Gasteiger partial charge in [0.1, 0.15) is 5.69 Å². The van der Waals surface area contributed by atoms with Crippen molar-refractivity contribution in [2.75, 3.05) is 0 Å². The Bertz CT molecular complexity index is 357. The topological polar surface area (TPSA) is 56.0 Å². The number of hydrogen-bond acceptors (Lipinski definition) is 3. The van der Waals surface area contributed by atoms with Crippen molar-refractivity contribution in [1.82, 2.24) is 4.98 Å². The molecule has 14 heavy (non-hydrogen) atoms. The fraction of sp³-hybridized carbons (Fsp3) is 0.250. The van der Waals surface area contributed by atoms with Crippen LogP contribution in [-0.4, -0.2) is 11.3 Å². The molecule has 0 saturated heterocycles. The molecule has 1 heterocycles. The number of carbonyl (C=O) groups excluding carboxylic acids is 1. The van der Waals surface area contributed by atoms with Crippen LogP contribution in [0.2, 0.25) is 0 Å². The van der Waals surface area contributed by atoms with Crippen molar-refractivity contribution < 1.29 is 13.6 Å². The van der Waals surface area contributed by atoms with Crippen molar-refractivity contribution in [2.24, 2.45) is 5.73 Å². The van der Waals surface area contributed by atoms with Crippen LogP contribution >= 0.6 is 15.9 Å². The quantitative estimate of drug-likeness (QED) is 0.851. The first-order chi connectivity index (χ1) is 6.60. The molecule has 0 bridgehead atoms. The van der Waals surface area contributed by atoms with Gasteiger partial charge in [0, 0.05) is 12.1 Å². The third kappa shape index (κ3) is 2.13. The number of pyridine rings is 1. The molecule has 1 rings (SSSR count). The van der Waals surface area contributed by atoms with Crippen molar-refractivity contribution in [3.8, 4) is 0 Å². The van der Waals surface area contributed by atoms with Crippen LogP contribution in [0.1, 0.15) is 28.2 Å². The molecule has 1 aromatic rings. The Labute approximate surface area is 87.4 Å². The molecule has 0 saturated carbocycles. The second-order valence-corrected chi connectivity index (χ2v) is 3.31. The van der Waals surface area contributed by atoms with Crippen molar-refractivity contribution in [3.05, 3.63) is 27.5 Å². The summed E-state index contributed by atoms with van der Waals surface area (Å²) in [6.07, 6.45) is -2.22. The molecule has 6 heteroatoms. The molecule has 3 nitrogen and oxygen atoms in total. The fourth-order valence-corrected chi connectivity index (χ4v) is 1.42. The monoisotopic (exact) mass is 264 g/mol. The van der Waals surface area contributed by atoms with E-state index in [1.54, 1.807) is 0 Å². The Balaban J connectivity index is 3.31. The second kappa shape index (κ2) is 4.56. The molecule has 0 unspecified atom stereocenters.